The third-order valence-corrected chi connectivity index (χ3v) is 4.78. The maximum atomic E-state index is 12.4. The summed E-state index contributed by atoms with van der Waals surface area (Å²) in [7, 11) is 0. The average Bonchev–Trinajstić information content (AvgIpc) is 2.65. The average molecular weight is 377 g/mol. The van der Waals surface area contributed by atoms with E-state index in [1.807, 2.05) is 37.3 Å². The van der Waals surface area contributed by atoms with Gasteiger partial charge in [0.05, 0.1) is 6.10 Å². The second kappa shape index (κ2) is 9.04. The van der Waals surface area contributed by atoms with Crippen LogP contribution >= 0.6 is 0 Å². The summed E-state index contributed by atoms with van der Waals surface area (Å²) in [6, 6.07) is 14.1. The minimum absolute atomic E-state index is 0.0850. The SMILES string of the molecule is C[C@@H](Nc1ccc(O[C@@H]2CCCC[C@H]2O)cc1)c1cccc(OC(F)F)c1. The summed E-state index contributed by atoms with van der Waals surface area (Å²) >= 11 is 0. The number of hydrogen-bond donors (Lipinski definition) is 2. The molecule has 0 aliphatic heterocycles. The number of halogens is 2. The molecule has 0 heterocycles. The second-order valence-electron chi connectivity index (χ2n) is 6.85. The van der Waals surface area contributed by atoms with Crippen LogP contribution in [-0.4, -0.2) is 23.9 Å². The molecule has 0 amide bonds. The van der Waals surface area contributed by atoms with Crippen molar-refractivity contribution in [2.45, 2.75) is 57.5 Å². The summed E-state index contributed by atoms with van der Waals surface area (Å²) < 4.78 is 35.1. The van der Waals surface area contributed by atoms with E-state index in [-0.39, 0.29) is 17.9 Å². The van der Waals surface area contributed by atoms with Crippen LogP contribution < -0.4 is 14.8 Å². The largest absolute Gasteiger partial charge is 0.488 e. The number of hydrogen-bond acceptors (Lipinski definition) is 4. The molecule has 0 radical (unpaired) electrons. The van der Waals surface area contributed by atoms with Crippen LogP contribution in [0.4, 0.5) is 14.5 Å². The van der Waals surface area contributed by atoms with Crippen LogP contribution in [0.15, 0.2) is 48.5 Å². The van der Waals surface area contributed by atoms with Gasteiger partial charge in [-0.1, -0.05) is 18.6 Å². The van der Waals surface area contributed by atoms with Gasteiger partial charge in [-0.2, -0.15) is 8.78 Å². The summed E-state index contributed by atoms with van der Waals surface area (Å²) in [4.78, 5) is 0. The van der Waals surface area contributed by atoms with E-state index < -0.39 is 12.7 Å². The molecule has 0 aromatic heterocycles. The molecule has 27 heavy (non-hydrogen) atoms. The molecule has 0 unspecified atom stereocenters. The maximum absolute atomic E-state index is 12.4. The predicted molar refractivity (Wildman–Crippen MR) is 100 cm³/mol. The summed E-state index contributed by atoms with van der Waals surface area (Å²) in [6.07, 6.45) is 3.23. The molecule has 1 aliphatic carbocycles. The molecule has 2 aromatic carbocycles. The smallest absolute Gasteiger partial charge is 0.387 e. The minimum Gasteiger partial charge on any atom is -0.488 e. The molecule has 3 atom stereocenters. The molecule has 0 bridgehead atoms. The van der Waals surface area contributed by atoms with E-state index in [0.717, 1.165) is 42.7 Å². The maximum Gasteiger partial charge on any atom is 0.387 e. The Hall–Kier alpha value is -2.34. The molecule has 0 spiro atoms. The zero-order valence-corrected chi connectivity index (χ0v) is 15.3. The van der Waals surface area contributed by atoms with Crippen LogP contribution in [0.25, 0.3) is 0 Å². The van der Waals surface area contributed by atoms with Gasteiger partial charge < -0.3 is 19.9 Å². The first-order chi connectivity index (χ1) is 13.0. The zero-order valence-electron chi connectivity index (χ0n) is 15.3. The molecule has 2 aromatic rings. The Morgan fingerprint density at radius 1 is 1.04 bits per heavy atom. The van der Waals surface area contributed by atoms with Gasteiger partial charge >= 0.3 is 6.61 Å². The van der Waals surface area contributed by atoms with E-state index in [1.165, 1.54) is 6.07 Å². The Labute approximate surface area is 158 Å². The quantitative estimate of drug-likeness (QED) is 0.701. The fraction of sp³-hybridized carbons (Fsp3) is 0.429. The predicted octanol–water partition coefficient (Wildman–Crippen LogP) is 5.14. The number of aliphatic hydroxyl groups excluding tert-OH is 1. The van der Waals surface area contributed by atoms with E-state index >= 15 is 0 Å². The van der Waals surface area contributed by atoms with Gasteiger partial charge in [-0.3, -0.25) is 0 Å². The number of nitrogens with one attached hydrogen (secondary N) is 1. The molecule has 3 rings (SSSR count). The van der Waals surface area contributed by atoms with Gasteiger partial charge in [0, 0.05) is 11.7 Å². The standard InChI is InChI=1S/C21H25F2NO3/c1-14(15-5-4-6-18(13-15)27-21(22)23)24-16-9-11-17(12-10-16)26-20-8-3-2-7-19(20)25/h4-6,9-14,19-21,24-25H,2-3,7-8H2,1H3/t14-,19-,20-/m1/s1. The Balaban J connectivity index is 1.59. The number of ether oxygens (including phenoxy) is 2. The molecular weight excluding hydrogens is 352 g/mol. The molecule has 1 fully saturated rings. The van der Waals surface area contributed by atoms with E-state index in [4.69, 9.17) is 4.74 Å². The van der Waals surface area contributed by atoms with Crippen molar-refractivity contribution in [1.82, 2.24) is 0 Å². The van der Waals surface area contributed by atoms with E-state index in [9.17, 15) is 13.9 Å². The zero-order chi connectivity index (χ0) is 19.2. The molecule has 4 nitrogen and oxygen atoms in total. The van der Waals surface area contributed by atoms with Gasteiger partial charge in [0.1, 0.15) is 17.6 Å². The van der Waals surface area contributed by atoms with Crippen molar-refractivity contribution >= 4 is 5.69 Å². The minimum atomic E-state index is -2.83. The van der Waals surface area contributed by atoms with Crippen LogP contribution in [0.2, 0.25) is 0 Å². The van der Waals surface area contributed by atoms with Crippen molar-refractivity contribution < 1.29 is 23.4 Å². The van der Waals surface area contributed by atoms with E-state index in [0.29, 0.717) is 0 Å². The molecular formula is C21H25F2NO3. The van der Waals surface area contributed by atoms with Gasteiger partial charge in [-0.15, -0.1) is 0 Å². The highest BCUT2D eigenvalue weighted by atomic mass is 19.3. The molecule has 1 aliphatic rings. The van der Waals surface area contributed by atoms with Crippen LogP contribution in [-0.2, 0) is 0 Å². The second-order valence-corrected chi connectivity index (χ2v) is 6.85. The normalized spacial score (nSPS) is 20.9. The summed E-state index contributed by atoms with van der Waals surface area (Å²) in [5, 5.41) is 13.3. The summed E-state index contributed by atoms with van der Waals surface area (Å²) in [5.41, 5.74) is 1.73. The van der Waals surface area contributed by atoms with Crippen LogP contribution in [0.1, 0.15) is 44.2 Å². The van der Waals surface area contributed by atoms with Gasteiger partial charge in [0.2, 0.25) is 0 Å². The Kier molecular flexibility index (Phi) is 6.50. The Morgan fingerprint density at radius 2 is 1.78 bits per heavy atom. The summed E-state index contributed by atoms with van der Waals surface area (Å²) in [5.74, 6) is 0.873. The number of benzene rings is 2. The number of rotatable bonds is 7. The number of anilines is 1. The lowest BCUT2D eigenvalue weighted by molar-refractivity contribution is -0.0498. The number of aliphatic hydroxyl groups is 1. The van der Waals surface area contributed by atoms with Gasteiger partial charge in [-0.25, -0.2) is 0 Å². The van der Waals surface area contributed by atoms with Crippen molar-refractivity contribution in [3.8, 4) is 11.5 Å². The lowest BCUT2D eigenvalue weighted by atomic mass is 9.95. The highest BCUT2D eigenvalue weighted by Gasteiger charge is 2.24. The first-order valence-electron chi connectivity index (χ1n) is 9.27. The van der Waals surface area contributed by atoms with Crippen LogP contribution in [0.5, 0.6) is 11.5 Å². The van der Waals surface area contributed by atoms with Crippen molar-refractivity contribution in [3.63, 3.8) is 0 Å². The van der Waals surface area contributed by atoms with Crippen molar-refractivity contribution in [2.24, 2.45) is 0 Å². The first kappa shape index (κ1) is 19.4. The van der Waals surface area contributed by atoms with Crippen LogP contribution in [0.3, 0.4) is 0 Å². The molecule has 146 valence electrons. The molecule has 1 saturated carbocycles. The van der Waals surface area contributed by atoms with Crippen molar-refractivity contribution in [2.75, 3.05) is 5.32 Å². The summed E-state index contributed by atoms with van der Waals surface area (Å²) in [6.45, 7) is -0.886. The first-order valence-corrected chi connectivity index (χ1v) is 9.27. The van der Waals surface area contributed by atoms with Gasteiger partial charge in [0.25, 0.3) is 0 Å². The highest BCUT2D eigenvalue weighted by Crippen LogP contribution is 2.27. The fourth-order valence-corrected chi connectivity index (χ4v) is 3.31. The third kappa shape index (κ3) is 5.57. The van der Waals surface area contributed by atoms with Crippen molar-refractivity contribution in [3.05, 3.63) is 54.1 Å². The topological polar surface area (TPSA) is 50.7 Å². The fourth-order valence-electron chi connectivity index (χ4n) is 3.31. The van der Waals surface area contributed by atoms with Crippen molar-refractivity contribution in [1.29, 1.82) is 0 Å². The monoisotopic (exact) mass is 377 g/mol. The van der Waals surface area contributed by atoms with Gasteiger partial charge in [-0.05, 0) is 68.1 Å². The van der Waals surface area contributed by atoms with E-state index in [2.05, 4.69) is 10.1 Å². The highest BCUT2D eigenvalue weighted by molar-refractivity contribution is 5.48. The molecule has 0 saturated heterocycles. The third-order valence-electron chi connectivity index (χ3n) is 4.78. The van der Waals surface area contributed by atoms with Crippen LogP contribution in [0, 0.1) is 0 Å². The molecule has 6 heteroatoms. The Morgan fingerprint density at radius 3 is 2.48 bits per heavy atom. The van der Waals surface area contributed by atoms with Gasteiger partial charge in [0.15, 0.2) is 0 Å². The molecule has 2 N–H and O–H groups in total. The lowest BCUT2D eigenvalue weighted by Crippen LogP contribution is -2.34. The number of alkyl halides is 2. The lowest BCUT2D eigenvalue weighted by Gasteiger charge is -2.28. The Bertz CT molecular complexity index is 724. The van der Waals surface area contributed by atoms with E-state index in [1.54, 1.807) is 12.1 Å².